The summed E-state index contributed by atoms with van der Waals surface area (Å²) < 4.78 is 54.0. The van der Waals surface area contributed by atoms with Gasteiger partial charge in [0.25, 0.3) is 0 Å². The van der Waals surface area contributed by atoms with Crippen LogP contribution in [-0.2, 0) is 11.8 Å². The summed E-state index contributed by atoms with van der Waals surface area (Å²) in [6.07, 6.45) is -5.40. The molecule has 0 aromatic heterocycles. The Bertz CT molecular complexity index is 466. The minimum atomic E-state index is -4.74. The van der Waals surface area contributed by atoms with Crippen LogP contribution in [0.15, 0.2) is 18.2 Å². The van der Waals surface area contributed by atoms with Gasteiger partial charge in [0, 0.05) is 6.54 Å². The SMILES string of the molecule is CC(C)(C)c1ccc(OC(F)(F)F)cc1CCC(F)CN. The fraction of sp³-hybridized carbons (Fsp3) is 0.600. The van der Waals surface area contributed by atoms with Crippen LogP contribution in [0.25, 0.3) is 0 Å². The van der Waals surface area contributed by atoms with Crippen molar-refractivity contribution in [3.8, 4) is 5.75 Å². The molecule has 0 fully saturated rings. The second-order valence-corrected chi connectivity index (χ2v) is 5.99. The van der Waals surface area contributed by atoms with Crippen LogP contribution < -0.4 is 10.5 Å². The highest BCUT2D eigenvalue weighted by Crippen LogP contribution is 2.32. The molecule has 0 aliphatic carbocycles. The summed E-state index contributed by atoms with van der Waals surface area (Å²) in [5, 5.41) is 0. The highest BCUT2D eigenvalue weighted by atomic mass is 19.4. The Labute approximate surface area is 122 Å². The predicted octanol–water partition coefficient (Wildman–Crippen LogP) is 4.11. The van der Waals surface area contributed by atoms with Gasteiger partial charge < -0.3 is 10.5 Å². The van der Waals surface area contributed by atoms with Crippen molar-refractivity contribution in [2.45, 2.75) is 51.6 Å². The highest BCUT2D eigenvalue weighted by molar-refractivity contribution is 5.39. The number of hydrogen-bond donors (Lipinski definition) is 1. The lowest BCUT2D eigenvalue weighted by atomic mass is 9.82. The number of rotatable bonds is 5. The maximum absolute atomic E-state index is 13.3. The summed E-state index contributed by atoms with van der Waals surface area (Å²) in [5.41, 5.74) is 6.50. The molecule has 1 unspecified atom stereocenters. The van der Waals surface area contributed by atoms with E-state index >= 15 is 0 Å². The van der Waals surface area contributed by atoms with E-state index in [0.29, 0.717) is 12.0 Å². The van der Waals surface area contributed by atoms with Crippen molar-refractivity contribution >= 4 is 0 Å². The third kappa shape index (κ3) is 5.91. The van der Waals surface area contributed by atoms with Crippen molar-refractivity contribution in [3.63, 3.8) is 0 Å². The Morgan fingerprint density at radius 2 is 1.81 bits per heavy atom. The Hall–Kier alpha value is -1.30. The Morgan fingerprint density at radius 1 is 1.19 bits per heavy atom. The molecule has 0 amide bonds. The van der Waals surface area contributed by atoms with Crippen molar-refractivity contribution in [1.29, 1.82) is 0 Å². The van der Waals surface area contributed by atoms with E-state index in [1.165, 1.54) is 12.1 Å². The van der Waals surface area contributed by atoms with E-state index < -0.39 is 12.5 Å². The first-order chi connectivity index (χ1) is 9.53. The van der Waals surface area contributed by atoms with Crippen LogP contribution in [0.3, 0.4) is 0 Å². The third-order valence-electron chi connectivity index (χ3n) is 3.10. The lowest BCUT2D eigenvalue weighted by Crippen LogP contribution is -2.20. The number of hydrogen-bond acceptors (Lipinski definition) is 2. The van der Waals surface area contributed by atoms with Gasteiger partial charge in [0.05, 0.1) is 0 Å². The Balaban J connectivity index is 3.05. The molecule has 1 aromatic carbocycles. The molecule has 0 saturated heterocycles. The second kappa shape index (κ2) is 6.64. The molecule has 2 nitrogen and oxygen atoms in total. The van der Waals surface area contributed by atoms with E-state index in [4.69, 9.17) is 5.73 Å². The molecule has 1 atom stereocenters. The van der Waals surface area contributed by atoms with E-state index in [0.717, 1.165) is 5.56 Å². The lowest BCUT2D eigenvalue weighted by Gasteiger charge is -2.24. The molecular weight excluding hydrogens is 286 g/mol. The van der Waals surface area contributed by atoms with Crippen LogP contribution in [0.2, 0.25) is 0 Å². The quantitative estimate of drug-likeness (QED) is 0.831. The van der Waals surface area contributed by atoms with Gasteiger partial charge in [-0.3, -0.25) is 0 Å². The van der Waals surface area contributed by atoms with Gasteiger partial charge in [0.2, 0.25) is 0 Å². The van der Waals surface area contributed by atoms with Gasteiger partial charge in [-0.25, -0.2) is 4.39 Å². The molecule has 120 valence electrons. The minimum absolute atomic E-state index is 0.0937. The van der Waals surface area contributed by atoms with Crippen molar-refractivity contribution in [3.05, 3.63) is 29.3 Å². The molecule has 1 rings (SSSR count). The Kier molecular flexibility index (Phi) is 5.61. The Morgan fingerprint density at radius 3 is 2.29 bits per heavy atom. The van der Waals surface area contributed by atoms with Crippen molar-refractivity contribution in [2.75, 3.05) is 6.54 Å². The summed E-state index contributed by atoms with van der Waals surface area (Å²) in [7, 11) is 0. The molecule has 0 aliphatic rings. The van der Waals surface area contributed by atoms with E-state index in [-0.39, 0.29) is 24.1 Å². The zero-order valence-corrected chi connectivity index (χ0v) is 12.4. The minimum Gasteiger partial charge on any atom is -0.406 e. The number of halogens is 4. The van der Waals surface area contributed by atoms with Crippen LogP contribution >= 0.6 is 0 Å². The zero-order valence-electron chi connectivity index (χ0n) is 12.4. The molecule has 21 heavy (non-hydrogen) atoms. The summed E-state index contributed by atoms with van der Waals surface area (Å²) in [5.74, 6) is -0.284. The molecule has 0 aliphatic heterocycles. The summed E-state index contributed by atoms with van der Waals surface area (Å²) in [4.78, 5) is 0. The van der Waals surface area contributed by atoms with Crippen LogP contribution in [0.5, 0.6) is 5.75 Å². The van der Waals surface area contributed by atoms with Crippen LogP contribution in [0.4, 0.5) is 17.6 Å². The molecule has 0 bridgehead atoms. The predicted molar refractivity (Wildman–Crippen MR) is 74.1 cm³/mol. The number of alkyl halides is 4. The first-order valence-electron chi connectivity index (χ1n) is 6.76. The molecule has 0 saturated carbocycles. The van der Waals surface area contributed by atoms with E-state index in [1.807, 2.05) is 20.8 Å². The lowest BCUT2D eigenvalue weighted by molar-refractivity contribution is -0.274. The first kappa shape index (κ1) is 17.8. The molecule has 0 spiro atoms. The maximum atomic E-state index is 13.3. The smallest absolute Gasteiger partial charge is 0.406 e. The fourth-order valence-electron chi connectivity index (χ4n) is 2.14. The number of aryl methyl sites for hydroxylation is 1. The van der Waals surface area contributed by atoms with E-state index in [2.05, 4.69) is 4.74 Å². The van der Waals surface area contributed by atoms with E-state index in [1.54, 1.807) is 6.07 Å². The van der Waals surface area contributed by atoms with Crippen LogP contribution in [0.1, 0.15) is 38.3 Å². The fourth-order valence-corrected chi connectivity index (χ4v) is 2.14. The topological polar surface area (TPSA) is 35.2 Å². The van der Waals surface area contributed by atoms with Gasteiger partial charge in [-0.1, -0.05) is 26.8 Å². The molecule has 0 radical (unpaired) electrons. The monoisotopic (exact) mass is 307 g/mol. The van der Waals surface area contributed by atoms with Gasteiger partial charge in [-0.15, -0.1) is 13.2 Å². The highest BCUT2D eigenvalue weighted by Gasteiger charge is 2.31. The molecule has 6 heteroatoms. The van der Waals surface area contributed by atoms with Gasteiger partial charge >= 0.3 is 6.36 Å². The van der Waals surface area contributed by atoms with Crippen molar-refractivity contribution in [1.82, 2.24) is 0 Å². The van der Waals surface area contributed by atoms with E-state index in [9.17, 15) is 17.6 Å². The van der Waals surface area contributed by atoms with Gasteiger partial charge in [-0.2, -0.15) is 0 Å². The average Bonchev–Trinajstić information content (AvgIpc) is 2.32. The van der Waals surface area contributed by atoms with Crippen molar-refractivity contribution < 1.29 is 22.3 Å². The van der Waals surface area contributed by atoms with Crippen LogP contribution in [0, 0.1) is 0 Å². The summed E-state index contributed by atoms with van der Waals surface area (Å²) >= 11 is 0. The number of benzene rings is 1. The first-order valence-corrected chi connectivity index (χ1v) is 6.76. The second-order valence-electron chi connectivity index (χ2n) is 5.99. The normalized spacial score (nSPS) is 14.1. The standard InChI is InChI=1S/C15H21F4NO/c1-14(2,3)13-7-6-12(21-15(17,18)19)8-10(13)4-5-11(16)9-20/h6-8,11H,4-5,9,20H2,1-3H3. The largest absolute Gasteiger partial charge is 0.573 e. The molecular formula is C15H21F4NO. The van der Waals surface area contributed by atoms with Crippen molar-refractivity contribution in [2.24, 2.45) is 5.73 Å². The maximum Gasteiger partial charge on any atom is 0.573 e. The third-order valence-corrected chi connectivity index (χ3v) is 3.10. The molecule has 0 heterocycles. The summed E-state index contributed by atoms with van der Waals surface area (Å²) in [6.45, 7) is 5.76. The average molecular weight is 307 g/mol. The number of nitrogens with two attached hydrogens (primary N) is 1. The van der Waals surface area contributed by atoms with Gasteiger partial charge in [-0.05, 0) is 41.5 Å². The van der Waals surface area contributed by atoms with Gasteiger partial charge in [0.1, 0.15) is 11.9 Å². The molecule has 1 aromatic rings. The van der Waals surface area contributed by atoms with Gasteiger partial charge in [0.15, 0.2) is 0 Å². The number of ether oxygens (including phenoxy) is 1. The molecule has 2 N–H and O–H groups in total. The zero-order chi connectivity index (χ0) is 16.3. The van der Waals surface area contributed by atoms with Crippen LogP contribution in [-0.4, -0.2) is 19.1 Å². The summed E-state index contributed by atoms with van der Waals surface area (Å²) in [6, 6.07) is 4.22.